The molecular weight excluding hydrogens is 341 g/mol. The molecule has 98 valence electrons. The summed E-state index contributed by atoms with van der Waals surface area (Å²) in [5.74, 6) is -2.27. The summed E-state index contributed by atoms with van der Waals surface area (Å²) in [6.07, 6.45) is 1.31. The molecule has 0 saturated heterocycles. The molecule has 1 N–H and O–H groups in total. The molecule has 19 heavy (non-hydrogen) atoms. The van der Waals surface area contributed by atoms with Crippen molar-refractivity contribution in [1.29, 1.82) is 0 Å². The Bertz CT molecular complexity index is 652. The molecule has 0 saturated carbocycles. The summed E-state index contributed by atoms with van der Waals surface area (Å²) in [4.78, 5) is 15.6. The number of aromatic nitrogens is 1. The Morgan fingerprint density at radius 2 is 2.05 bits per heavy atom. The summed E-state index contributed by atoms with van der Waals surface area (Å²) in [6.45, 7) is 0. The van der Waals surface area contributed by atoms with E-state index in [0.717, 1.165) is 18.2 Å². The maximum absolute atomic E-state index is 13.4. The van der Waals surface area contributed by atoms with E-state index in [0.29, 0.717) is 10.2 Å². The largest absolute Gasteiger partial charge is 0.320 e. The molecule has 0 bridgehead atoms. The highest BCUT2D eigenvalue weighted by Crippen LogP contribution is 2.23. The van der Waals surface area contributed by atoms with Gasteiger partial charge in [-0.05, 0) is 40.2 Å². The molecule has 0 aliphatic heterocycles. The lowest BCUT2D eigenvalue weighted by atomic mass is 10.2. The van der Waals surface area contributed by atoms with Crippen molar-refractivity contribution in [3.8, 4) is 0 Å². The van der Waals surface area contributed by atoms with Crippen LogP contribution in [-0.2, 0) is 0 Å². The van der Waals surface area contributed by atoms with E-state index in [9.17, 15) is 13.6 Å². The monoisotopic (exact) mass is 346 g/mol. The second-order valence-electron chi connectivity index (χ2n) is 3.57. The Balaban J connectivity index is 2.25. The summed E-state index contributed by atoms with van der Waals surface area (Å²) >= 11 is 8.84. The second-order valence-corrected chi connectivity index (χ2v) is 4.79. The van der Waals surface area contributed by atoms with Gasteiger partial charge in [0.2, 0.25) is 0 Å². The molecule has 0 unspecified atom stereocenters. The van der Waals surface area contributed by atoms with Gasteiger partial charge in [0.05, 0.1) is 21.9 Å². The van der Waals surface area contributed by atoms with Crippen LogP contribution in [0, 0.1) is 11.6 Å². The molecule has 7 heteroatoms. The Morgan fingerprint density at radius 1 is 1.32 bits per heavy atom. The molecule has 0 fully saturated rings. The third-order valence-electron chi connectivity index (χ3n) is 2.23. The van der Waals surface area contributed by atoms with Crippen LogP contribution in [0.2, 0.25) is 5.15 Å². The number of pyridine rings is 1. The van der Waals surface area contributed by atoms with Gasteiger partial charge in [-0.25, -0.2) is 13.8 Å². The number of anilines is 1. The highest BCUT2D eigenvalue weighted by molar-refractivity contribution is 9.10. The minimum atomic E-state index is -0.806. The van der Waals surface area contributed by atoms with Crippen LogP contribution in [0.5, 0.6) is 0 Å². The minimum Gasteiger partial charge on any atom is -0.320 e. The molecule has 0 spiro atoms. The summed E-state index contributed by atoms with van der Waals surface area (Å²) in [6, 6.07) is 4.15. The molecule has 0 aliphatic carbocycles. The molecule has 3 nitrogen and oxygen atoms in total. The van der Waals surface area contributed by atoms with E-state index in [1.54, 1.807) is 0 Å². The van der Waals surface area contributed by atoms with Crippen LogP contribution in [0.4, 0.5) is 14.5 Å². The van der Waals surface area contributed by atoms with Gasteiger partial charge >= 0.3 is 0 Å². The normalized spacial score (nSPS) is 10.3. The van der Waals surface area contributed by atoms with Crippen LogP contribution in [0.25, 0.3) is 0 Å². The van der Waals surface area contributed by atoms with Gasteiger partial charge in [-0.15, -0.1) is 0 Å². The standard InChI is InChI=1S/C12H6BrClF2N2O/c13-9-4-7(5-17-11(9)14)18-12(19)8-3-6(15)1-2-10(8)16/h1-5H,(H,18,19). The van der Waals surface area contributed by atoms with Crippen LogP contribution in [0.15, 0.2) is 34.9 Å². The number of benzene rings is 1. The molecule has 1 aromatic heterocycles. The van der Waals surface area contributed by atoms with Gasteiger partial charge in [-0.2, -0.15) is 0 Å². The van der Waals surface area contributed by atoms with Gasteiger partial charge in [-0.1, -0.05) is 11.6 Å². The number of hydrogen-bond acceptors (Lipinski definition) is 2. The van der Waals surface area contributed by atoms with E-state index >= 15 is 0 Å². The van der Waals surface area contributed by atoms with Gasteiger partial charge in [0.15, 0.2) is 0 Å². The summed E-state index contributed by atoms with van der Waals surface area (Å²) in [7, 11) is 0. The number of amides is 1. The Kier molecular flexibility index (Phi) is 4.11. The third kappa shape index (κ3) is 3.27. The number of rotatable bonds is 2. The molecule has 1 heterocycles. The zero-order valence-electron chi connectivity index (χ0n) is 9.25. The molecule has 2 aromatic rings. The van der Waals surface area contributed by atoms with E-state index in [2.05, 4.69) is 26.2 Å². The van der Waals surface area contributed by atoms with Crippen LogP contribution in [0.3, 0.4) is 0 Å². The number of nitrogens with zero attached hydrogens (tertiary/aromatic N) is 1. The van der Waals surface area contributed by atoms with E-state index in [1.165, 1.54) is 12.3 Å². The Hall–Kier alpha value is -1.53. The number of halogens is 4. The van der Waals surface area contributed by atoms with Crippen molar-refractivity contribution in [1.82, 2.24) is 4.98 Å². The second kappa shape index (κ2) is 5.63. The topological polar surface area (TPSA) is 42.0 Å². The molecule has 1 aromatic carbocycles. The number of carbonyl (C=O) groups is 1. The van der Waals surface area contributed by atoms with E-state index in [-0.39, 0.29) is 10.7 Å². The van der Waals surface area contributed by atoms with Gasteiger partial charge in [0, 0.05) is 0 Å². The first kappa shape index (κ1) is 13.9. The van der Waals surface area contributed by atoms with E-state index in [1.807, 2.05) is 0 Å². The summed E-state index contributed by atoms with van der Waals surface area (Å²) < 4.78 is 26.9. The fourth-order valence-electron chi connectivity index (χ4n) is 1.36. The average molecular weight is 348 g/mol. The fraction of sp³-hybridized carbons (Fsp3) is 0. The summed E-state index contributed by atoms with van der Waals surface area (Å²) in [5.41, 5.74) is -0.0731. The molecule has 0 atom stereocenters. The van der Waals surface area contributed by atoms with Gasteiger partial charge < -0.3 is 5.32 Å². The number of carbonyl (C=O) groups excluding carboxylic acids is 1. The van der Waals surface area contributed by atoms with Crippen molar-refractivity contribution in [2.45, 2.75) is 0 Å². The zero-order chi connectivity index (χ0) is 14.0. The predicted molar refractivity (Wildman–Crippen MR) is 71.3 cm³/mol. The van der Waals surface area contributed by atoms with Crippen molar-refractivity contribution in [2.75, 3.05) is 5.32 Å². The minimum absolute atomic E-state index is 0.231. The zero-order valence-corrected chi connectivity index (χ0v) is 11.6. The maximum Gasteiger partial charge on any atom is 0.258 e. The average Bonchev–Trinajstić information content (AvgIpc) is 2.36. The van der Waals surface area contributed by atoms with Gasteiger partial charge in [0.1, 0.15) is 16.8 Å². The SMILES string of the molecule is O=C(Nc1cnc(Cl)c(Br)c1)c1cc(F)ccc1F. The van der Waals surface area contributed by atoms with Crippen molar-refractivity contribution in [3.63, 3.8) is 0 Å². The van der Waals surface area contributed by atoms with Crippen LogP contribution in [-0.4, -0.2) is 10.9 Å². The van der Waals surface area contributed by atoms with Gasteiger partial charge in [-0.3, -0.25) is 4.79 Å². The maximum atomic E-state index is 13.4. The Labute approximate surface area is 120 Å². The predicted octanol–water partition coefficient (Wildman–Crippen LogP) is 4.03. The first-order valence-corrected chi connectivity index (χ1v) is 6.22. The molecular formula is C12H6BrClF2N2O. The lowest BCUT2D eigenvalue weighted by molar-refractivity contribution is 0.102. The lowest BCUT2D eigenvalue weighted by Crippen LogP contribution is -2.14. The van der Waals surface area contributed by atoms with Crippen molar-refractivity contribution >= 4 is 39.1 Å². The van der Waals surface area contributed by atoms with E-state index in [4.69, 9.17) is 11.6 Å². The van der Waals surface area contributed by atoms with Crippen molar-refractivity contribution < 1.29 is 13.6 Å². The fourth-order valence-corrected chi connectivity index (χ4v) is 1.81. The lowest BCUT2D eigenvalue weighted by Gasteiger charge is -2.06. The number of nitrogens with one attached hydrogen (secondary N) is 1. The molecule has 0 radical (unpaired) electrons. The number of hydrogen-bond donors (Lipinski definition) is 1. The highest BCUT2D eigenvalue weighted by atomic mass is 79.9. The molecule has 0 aliphatic rings. The third-order valence-corrected chi connectivity index (χ3v) is 3.36. The van der Waals surface area contributed by atoms with Crippen LogP contribution < -0.4 is 5.32 Å². The first-order chi connectivity index (χ1) is 8.97. The van der Waals surface area contributed by atoms with Crippen LogP contribution in [0.1, 0.15) is 10.4 Å². The highest BCUT2D eigenvalue weighted by Gasteiger charge is 2.13. The van der Waals surface area contributed by atoms with E-state index < -0.39 is 17.5 Å². The smallest absolute Gasteiger partial charge is 0.258 e. The quantitative estimate of drug-likeness (QED) is 0.834. The molecule has 1 amide bonds. The summed E-state index contributed by atoms with van der Waals surface area (Å²) in [5, 5.41) is 2.63. The van der Waals surface area contributed by atoms with Crippen molar-refractivity contribution in [3.05, 3.63) is 57.3 Å². The van der Waals surface area contributed by atoms with Gasteiger partial charge in [0.25, 0.3) is 5.91 Å². The first-order valence-electron chi connectivity index (χ1n) is 5.05. The van der Waals surface area contributed by atoms with Crippen LogP contribution >= 0.6 is 27.5 Å². The molecule has 2 rings (SSSR count). The van der Waals surface area contributed by atoms with Crippen molar-refractivity contribution in [2.24, 2.45) is 0 Å². The Morgan fingerprint density at radius 3 is 2.74 bits per heavy atom.